The van der Waals surface area contributed by atoms with E-state index in [1.54, 1.807) is 0 Å². The minimum atomic E-state index is -0.530. The van der Waals surface area contributed by atoms with Crippen LogP contribution >= 0.6 is 0 Å². The number of aliphatic hydroxyl groups excluding tert-OH is 2. The predicted octanol–water partition coefficient (Wildman–Crippen LogP) is -0.214. The van der Waals surface area contributed by atoms with Gasteiger partial charge in [-0.25, -0.2) is 0 Å². The van der Waals surface area contributed by atoms with Gasteiger partial charge in [-0.3, -0.25) is 4.79 Å². The summed E-state index contributed by atoms with van der Waals surface area (Å²) in [4.78, 5) is 11.8. The molecule has 0 aromatic heterocycles. The molecule has 0 radical (unpaired) electrons. The number of aliphatic hydroxyl groups is 2. The van der Waals surface area contributed by atoms with Crippen molar-refractivity contribution in [1.82, 2.24) is 4.90 Å². The molecule has 4 nitrogen and oxygen atoms in total. The van der Waals surface area contributed by atoms with Crippen molar-refractivity contribution in [3.63, 3.8) is 0 Å². The SMILES string of the molecule is CN1CC(O)=C(O)C1=O. The zero-order valence-corrected chi connectivity index (χ0v) is 4.96. The van der Waals surface area contributed by atoms with Crippen molar-refractivity contribution in [2.75, 3.05) is 13.6 Å². The third-order valence-corrected chi connectivity index (χ3v) is 1.21. The molecule has 0 saturated heterocycles. The molecule has 0 fully saturated rings. The van der Waals surface area contributed by atoms with Gasteiger partial charge in [-0.05, 0) is 0 Å². The van der Waals surface area contributed by atoms with Crippen LogP contribution in [0.1, 0.15) is 0 Å². The Bertz CT molecular complexity index is 185. The van der Waals surface area contributed by atoms with Gasteiger partial charge in [-0.2, -0.15) is 0 Å². The second kappa shape index (κ2) is 1.65. The molecule has 4 heteroatoms. The van der Waals surface area contributed by atoms with Crippen LogP contribution in [0, 0.1) is 0 Å². The summed E-state index contributed by atoms with van der Waals surface area (Å²) in [6, 6.07) is 0. The van der Waals surface area contributed by atoms with Crippen LogP contribution in [-0.4, -0.2) is 34.6 Å². The van der Waals surface area contributed by atoms with Crippen molar-refractivity contribution in [2.24, 2.45) is 0 Å². The number of hydrogen-bond acceptors (Lipinski definition) is 3. The van der Waals surface area contributed by atoms with Crippen molar-refractivity contribution >= 4 is 5.91 Å². The molecule has 1 aliphatic heterocycles. The third-order valence-electron chi connectivity index (χ3n) is 1.21. The lowest BCUT2D eigenvalue weighted by Crippen LogP contribution is -2.21. The molecular formula is C5H7NO3. The first-order valence-corrected chi connectivity index (χ1v) is 2.49. The van der Waals surface area contributed by atoms with Gasteiger partial charge in [0.05, 0.1) is 6.54 Å². The highest BCUT2D eigenvalue weighted by atomic mass is 16.3. The van der Waals surface area contributed by atoms with Gasteiger partial charge in [0.2, 0.25) is 5.76 Å². The molecule has 0 aromatic carbocycles. The molecule has 0 aliphatic carbocycles. The van der Waals surface area contributed by atoms with Gasteiger partial charge >= 0.3 is 0 Å². The molecule has 1 heterocycles. The van der Waals surface area contributed by atoms with Crippen molar-refractivity contribution in [1.29, 1.82) is 0 Å². The highest BCUT2D eigenvalue weighted by molar-refractivity contribution is 5.93. The van der Waals surface area contributed by atoms with E-state index in [-0.39, 0.29) is 12.3 Å². The molecule has 1 aliphatic rings. The van der Waals surface area contributed by atoms with Gasteiger partial charge in [0.25, 0.3) is 5.91 Å². The molecule has 0 saturated carbocycles. The number of carbonyl (C=O) groups is 1. The maximum atomic E-state index is 10.6. The van der Waals surface area contributed by atoms with Crippen LogP contribution in [0.15, 0.2) is 11.5 Å². The fraction of sp³-hybridized carbons (Fsp3) is 0.400. The smallest absolute Gasteiger partial charge is 0.292 e. The number of carbonyl (C=O) groups excluding carboxylic acids is 1. The van der Waals surface area contributed by atoms with Crippen LogP contribution in [0.5, 0.6) is 0 Å². The summed E-state index contributed by atoms with van der Waals surface area (Å²) in [5, 5.41) is 17.4. The minimum Gasteiger partial charge on any atom is -0.507 e. The number of amides is 1. The first kappa shape index (κ1) is 5.94. The van der Waals surface area contributed by atoms with Crippen LogP contribution in [0.4, 0.5) is 0 Å². The summed E-state index contributed by atoms with van der Waals surface area (Å²) in [6.07, 6.45) is 0. The largest absolute Gasteiger partial charge is 0.507 e. The van der Waals surface area contributed by atoms with Gasteiger partial charge < -0.3 is 15.1 Å². The van der Waals surface area contributed by atoms with E-state index in [1.165, 1.54) is 11.9 Å². The summed E-state index contributed by atoms with van der Waals surface area (Å²) in [7, 11) is 1.50. The quantitative estimate of drug-likeness (QED) is 0.475. The lowest BCUT2D eigenvalue weighted by Gasteiger charge is -2.04. The van der Waals surface area contributed by atoms with Crippen LogP contribution in [0.25, 0.3) is 0 Å². The van der Waals surface area contributed by atoms with Crippen molar-refractivity contribution < 1.29 is 15.0 Å². The Morgan fingerprint density at radius 2 is 2.11 bits per heavy atom. The van der Waals surface area contributed by atoms with Crippen LogP contribution in [0.2, 0.25) is 0 Å². The maximum absolute atomic E-state index is 10.6. The molecule has 1 rings (SSSR count). The molecule has 50 valence electrons. The zero-order chi connectivity index (χ0) is 7.02. The summed E-state index contributed by atoms with van der Waals surface area (Å²) in [5.41, 5.74) is 0. The molecule has 0 spiro atoms. The third kappa shape index (κ3) is 0.718. The van der Waals surface area contributed by atoms with Crippen molar-refractivity contribution in [3.8, 4) is 0 Å². The highest BCUT2D eigenvalue weighted by Crippen LogP contribution is 2.10. The minimum absolute atomic E-state index is 0.116. The molecule has 2 N–H and O–H groups in total. The van der Waals surface area contributed by atoms with E-state index in [2.05, 4.69) is 0 Å². The highest BCUT2D eigenvalue weighted by Gasteiger charge is 2.26. The molecule has 9 heavy (non-hydrogen) atoms. The Morgan fingerprint density at radius 3 is 2.22 bits per heavy atom. The summed E-state index contributed by atoms with van der Waals surface area (Å²) in [5.74, 6) is -1.30. The lowest BCUT2D eigenvalue weighted by atomic mass is 10.5. The number of rotatable bonds is 0. The van der Waals surface area contributed by atoms with E-state index in [9.17, 15) is 4.79 Å². The average molecular weight is 129 g/mol. The van der Waals surface area contributed by atoms with Crippen LogP contribution in [0.3, 0.4) is 0 Å². The van der Waals surface area contributed by atoms with Crippen molar-refractivity contribution in [2.45, 2.75) is 0 Å². The zero-order valence-electron chi connectivity index (χ0n) is 4.96. The standard InChI is InChI=1S/C5H7NO3/c1-6-2-3(7)4(8)5(6)9/h7-8H,2H2,1H3. The number of hydrogen-bond donors (Lipinski definition) is 2. The second-order valence-corrected chi connectivity index (χ2v) is 1.96. The van der Waals surface area contributed by atoms with Crippen molar-refractivity contribution in [3.05, 3.63) is 11.5 Å². The van der Waals surface area contributed by atoms with E-state index in [4.69, 9.17) is 10.2 Å². The molecule has 0 bridgehead atoms. The molecule has 0 atom stereocenters. The van der Waals surface area contributed by atoms with Crippen LogP contribution < -0.4 is 0 Å². The molecule has 1 amide bonds. The molecule has 0 aromatic rings. The number of nitrogens with zero attached hydrogens (tertiary/aromatic N) is 1. The maximum Gasteiger partial charge on any atom is 0.292 e. The summed E-state index contributed by atoms with van der Waals surface area (Å²) >= 11 is 0. The fourth-order valence-corrected chi connectivity index (χ4v) is 0.676. The fourth-order valence-electron chi connectivity index (χ4n) is 0.676. The Labute approximate surface area is 52.0 Å². The van der Waals surface area contributed by atoms with E-state index in [0.29, 0.717) is 0 Å². The topological polar surface area (TPSA) is 60.8 Å². The Balaban J connectivity index is 2.87. The predicted molar refractivity (Wildman–Crippen MR) is 29.9 cm³/mol. The van der Waals surface area contributed by atoms with E-state index in [0.717, 1.165) is 0 Å². The Morgan fingerprint density at radius 1 is 1.56 bits per heavy atom. The number of likely N-dealkylation sites (N-methyl/N-ethyl adjacent to an activating group) is 1. The van der Waals surface area contributed by atoms with Gasteiger partial charge in [0.1, 0.15) is 0 Å². The summed E-state index contributed by atoms with van der Waals surface area (Å²) < 4.78 is 0. The van der Waals surface area contributed by atoms with Crippen LogP contribution in [-0.2, 0) is 4.79 Å². The molecular weight excluding hydrogens is 122 g/mol. The summed E-state index contributed by atoms with van der Waals surface area (Å²) in [6.45, 7) is 0.116. The normalized spacial score (nSPS) is 19.7. The lowest BCUT2D eigenvalue weighted by molar-refractivity contribution is -0.126. The van der Waals surface area contributed by atoms with Gasteiger partial charge in [-0.15, -0.1) is 0 Å². The monoisotopic (exact) mass is 129 g/mol. The Kier molecular flexibility index (Phi) is 1.09. The van der Waals surface area contributed by atoms with Gasteiger partial charge in [0.15, 0.2) is 5.76 Å². The average Bonchev–Trinajstić information content (AvgIpc) is 1.98. The first-order chi connectivity index (χ1) is 4.13. The van der Waals surface area contributed by atoms with Gasteiger partial charge in [0, 0.05) is 7.05 Å². The van der Waals surface area contributed by atoms with E-state index < -0.39 is 11.7 Å². The first-order valence-electron chi connectivity index (χ1n) is 2.49. The Hall–Kier alpha value is -1.19. The van der Waals surface area contributed by atoms with E-state index >= 15 is 0 Å². The second-order valence-electron chi connectivity index (χ2n) is 1.96. The molecule has 0 unspecified atom stereocenters. The van der Waals surface area contributed by atoms with Gasteiger partial charge in [-0.1, -0.05) is 0 Å². The van der Waals surface area contributed by atoms with E-state index in [1.807, 2.05) is 0 Å².